The molecular weight excluding hydrogens is 448 g/mol. The van der Waals surface area contributed by atoms with Gasteiger partial charge in [-0.05, 0) is 52.6 Å². The number of benzene rings is 4. The molecule has 5 heteroatoms. The molecule has 0 spiro atoms. The number of hydrogen-bond donors (Lipinski definition) is 1. The number of rotatable bonds is 3. The van der Waals surface area contributed by atoms with E-state index in [9.17, 15) is 14.4 Å². The predicted octanol–water partition coefficient (Wildman–Crippen LogP) is 5.34. The van der Waals surface area contributed by atoms with Gasteiger partial charge in [0.25, 0.3) is 5.91 Å². The molecule has 4 aromatic rings. The van der Waals surface area contributed by atoms with Crippen LogP contribution in [0.3, 0.4) is 0 Å². The van der Waals surface area contributed by atoms with Crippen molar-refractivity contribution in [1.82, 2.24) is 0 Å². The van der Waals surface area contributed by atoms with Crippen molar-refractivity contribution in [1.29, 1.82) is 0 Å². The van der Waals surface area contributed by atoms with Crippen molar-refractivity contribution in [2.24, 2.45) is 11.8 Å². The molecule has 1 N–H and O–H groups in total. The van der Waals surface area contributed by atoms with Crippen LogP contribution in [0.2, 0.25) is 0 Å². The highest BCUT2D eigenvalue weighted by Gasteiger charge is 2.61. The van der Waals surface area contributed by atoms with Gasteiger partial charge in [-0.1, -0.05) is 72.8 Å². The standard InChI is InChI=1S/C31H22N2O3/c34-29(32-19-10-2-1-3-11-19)18-9-8-12-20(17-18)33-30(35)27-25-21-13-4-5-14-22(21)26(28(27)31(33)36)24-16-7-6-15-23(24)25/h1-17,25-28H,(H,32,34). The van der Waals surface area contributed by atoms with E-state index in [0.29, 0.717) is 16.9 Å². The molecule has 8 rings (SSSR count). The van der Waals surface area contributed by atoms with Gasteiger partial charge in [0.15, 0.2) is 0 Å². The van der Waals surface area contributed by atoms with E-state index >= 15 is 0 Å². The van der Waals surface area contributed by atoms with Gasteiger partial charge in [0.1, 0.15) is 0 Å². The number of nitrogens with zero attached hydrogens (tertiary/aromatic N) is 1. The zero-order valence-electron chi connectivity index (χ0n) is 19.3. The Morgan fingerprint density at radius 2 is 1.11 bits per heavy atom. The summed E-state index contributed by atoms with van der Waals surface area (Å²) in [7, 11) is 0. The first-order chi connectivity index (χ1) is 17.6. The van der Waals surface area contributed by atoms with Crippen LogP contribution >= 0.6 is 0 Å². The van der Waals surface area contributed by atoms with Gasteiger partial charge in [-0.3, -0.25) is 14.4 Å². The fraction of sp³-hybridized carbons (Fsp3) is 0.129. The minimum Gasteiger partial charge on any atom is -0.322 e. The van der Waals surface area contributed by atoms with Gasteiger partial charge in [0.2, 0.25) is 11.8 Å². The van der Waals surface area contributed by atoms with Gasteiger partial charge >= 0.3 is 0 Å². The fourth-order valence-corrected chi connectivity index (χ4v) is 6.44. The van der Waals surface area contributed by atoms with E-state index in [-0.39, 0.29) is 29.6 Å². The van der Waals surface area contributed by atoms with Crippen molar-refractivity contribution in [3.8, 4) is 0 Å². The molecule has 0 radical (unpaired) electrons. The van der Waals surface area contributed by atoms with Crippen LogP contribution in [0.1, 0.15) is 44.4 Å². The summed E-state index contributed by atoms with van der Waals surface area (Å²) in [5, 5.41) is 2.87. The van der Waals surface area contributed by atoms with E-state index < -0.39 is 11.8 Å². The van der Waals surface area contributed by atoms with E-state index in [1.165, 1.54) is 4.90 Å². The van der Waals surface area contributed by atoms with Crippen molar-refractivity contribution in [3.05, 3.63) is 131 Å². The van der Waals surface area contributed by atoms with Crippen molar-refractivity contribution in [2.45, 2.75) is 11.8 Å². The summed E-state index contributed by atoms with van der Waals surface area (Å²) >= 11 is 0. The third-order valence-corrected chi connectivity index (χ3v) is 7.85. The quantitative estimate of drug-likeness (QED) is 0.411. The predicted molar refractivity (Wildman–Crippen MR) is 137 cm³/mol. The topological polar surface area (TPSA) is 66.5 Å². The summed E-state index contributed by atoms with van der Waals surface area (Å²) in [6, 6.07) is 32.4. The number of carbonyl (C=O) groups is 3. The van der Waals surface area contributed by atoms with Crippen molar-refractivity contribution in [3.63, 3.8) is 0 Å². The highest BCUT2D eigenvalue weighted by molar-refractivity contribution is 6.23. The Kier molecular flexibility index (Phi) is 4.48. The van der Waals surface area contributed by atoms with Crippen LogP contribution < -0.4 is 10.2 Å². The Morgan fingerprint density at radius 3 is 1.64 bits per heavy atom. The minimum absolute atomic E-state index is 0.154. The highest BCUT2D eigenvalue weighted by Crippen LogP contribution is 2.61. The molecule has 2 bridgehead atoms. The SMILES string of the molecule is O=C(Nc1ccccc1)c1cccc(N2C(=O)C3C4c5ccccc5C(c5ccccc54)C3C2=O)c1. The molecular formula is C31H22N2O3. The van der Waals surface area contributed by atoms with E-state index in [2.05, 4.69) is 29.6 Å². The molecule has 3 amide bonds. The molecule has 0 saturated carbocycles. The molecule has 1 saturated heterocycles. The number of amides is 3. The summed E-state index contributed by atoms with van der Waals surface area (Å²) in [4.78, 5) is 42.1. The maximum absolute atomic E-state index is 13.9. The lowest BCUT2D eigenvalue weighted by Crippen LogP contribution is -2.41. The summed E-state index contributed by atoms with van der Waals surface area (Å²) in [5.74, 6) is -1.88. The maximum Gasteiger partial charge on any atom is 0.255 e. The third kappa shape index (κ3) is 2.86. The number of hydrogen-bond acceptors (Lipinski definition) is 3. The smallest absolute Gasteiger partial charge is 0.255 e. The molecule has 3 aliphatic carbocycles. The lowest BCUT2D eigenvalue weighted by molar-refractivity contribution is -0.122. The van der Waals surface area contributed by atoms with Gasteiger partial charge in [-0.15, -0.1) is 0 Å². The normalized spacial score (nSPS) is 23.2. The first-order valence-electron chi connectivity index (χ1n) is 12.2. The van der Waals surface area contributed by atoms with Crippen LogP contribution in [0.25, 0.3) is 0 Å². The number of anilines is 2. The zero-order chi connectivity index (χ0) is 24.4. The minimum atomic E-state index is -0.450. The molecule has 4 aliphatic rings. The van der Waals surface area contributed by atoms with E-state index in [4.69, 9.17) is 0 Å². The van der Waals surface area contributed by atoms with Crippen LogP contribution in [0, 0.1) is 11.8 Å². The number of carbonyl (C=O) groups excluding carboxylic acids is 3. The Balaban J connectivity index is 1.28. The van der Waals surface area contributed by atoms with Gasteiger partial charge in [0.05, 0.1) is 17.5 Å². The number of nitrogens with one attached hydrogen (secondary N) is 1. The molecule has 5 nitrogen and oxygen atoms in total. The average molecular weight is 471 g/mol. The third-order valence-electron chi connectivity index (χ3n) is 7.85. The van der Waals surface area contributed by atoms with Gasteiger partial charge < -0.3 is 5.32 Å². The second kappa shape index (κ2) is 7.75. The number of para-hydroxylation sites is 1. The summed E-state index contributed by atoms with van der Waals surface area (Å²) < 4.78 is 0. The Hall–Kier alpha value is -4.51. The fourth-order valence-electron chi connectivity index (χ4n) is 6.44. The summed E-state index contributed by atoms with van der Waals surface area (Å²) in [5.41, 5.74) is 6.07. The summed E-state index contributed by atoms with van der Waals surface area (Å²) in [6.45, 7) is 0. The van der Waals surface area contributed by atoms with Crippen molar-refractivity contribution < 1.29 is 14.4 Å². The maximum atomic E-state index is 13.9. The van der Waals surface area contributed by atoms with Crippen molar-refractivity contribution in [2.75, 3.05) is 10.2 Å². The van der Waals surface area contributed by atoms with Gasteiger partial charge in [0, 0.05) is 23.1 Å². The van der Waals surface area contributed by atoms with Crippen LogP contribution in [-0.4, -0.2) is 17.7 Å². The zero-order valence-corrected chi connectivity index (χ0v) is 19.3. The van der Waals surface area contributed by atoms with E-state index in [1.807, 2.05) is 54.6 Å². The molecule has 174 valence electrons. The summed E-state index contributed by atoms with van der Waals surface area (Å²) in [6.07, 6.45) is 0. The monoisotopic (exact) mass is 470 g/mol. The van der Waals surface area contributed by atoms with E-state index in [1.54, 1.807) is 24.3 Å². The first kappa shape index (κ1) is 20.8. The van der Waals surface area contributed by atoms with Crippen molar-refractivity contribution >= 4 is 29.1 Å². The largest absolute Gasteiger partial charge is 0.322 e. The molecule has 2 unspecified atom stereocenters. The molecule has 4 aromatic carbocycles. The van der Waals surface area contributed by atoms with Gasteiger partial charge in [-0.25, -0.2) is 4.90 Å². The molecule has 1 aliphatic heterocycles. The molecule has 1 heterocycles. The molecule has 0 aromatic heterocycles. The molecule has 1 fully saturated rings. The van der Waals surface area contributed by atoms with E-state index in [0.717, 1.165) is 22.3 Å². The Bertz CT molecular complexity index is 1450. The van der Waals surface area contributed by atoms with Crippen LogP contribution in [0.4, 0.5) is 11.4 Å². The lowest BCUT2D eigenvalue weighted by Gasteiger charge is -2.45. The lowest BCUT2D eigenvalue weighted by atomic mass is 9.55. The second-order valence-corrected chi connectivity index (χ2v) is 9.65. The highest BCUT2D eigenvalue weighted by atomic mass is 16.2. The molecule has 2 atom stereocenters. The second-order valence-electron chi connectivity index (χ2n) is 9.65. The first-order valence-corrected chi connectivity index (χ1v) is 12.2. The molecule has 36 heavy (non-hydrogen) atoms. The Morgan fingerprint density at radius 1 is 0.611 bits per heavy atom. The van der Waals surface area contributed by atoms with Crippen LogP contribution in [-0.2, 0) is 9.59 Å². The average Bonchev–Trinajstić information content (AvgIpc) is 3.19. The van der Waals surface area contributed by atoms with Crippen LogP contribution in [0.15, 0.2) is 103 Å². The Labute approximate surface area is 208 Å². The van der Waals surface area contributed by atoms with Gasteiger partial charge in [-0.2, -0.15) is 0 Å². The number of imide groups is 1. The van der Waals surface area contributed by atoms with Crippen LogP contribution in [0.5, 0.6) is 0 Å².